The average molecular weight is 465 g/mol. The van der Waals surface area contributed by atoms with Crippen molar-refractivity contribution in [1.29, 1.82) is 0 Å². The average Bonchev–Trinajstić information content (AvgIpc) is 2.89. The molecule has 3 rings (SSSR count). The number of nitrogens with one attached hydrogen (secondary N) is 1. The lowest BCUT2D eigenvalue weighted by atomic mass is 10.1. The number of ether oxygens (including phenoxy) is 4. The third-order valence-corrected chi connectivity index (χ3v) is 5.67. The highest BCUT2D eigenvalue weighted by molar-refractivity contribution is 5.46. The second-order valence-corrected chi connectivity index (χ2v) is 8.19. The first-order valence-electron chi connectivity index (χ1n) is 11.6. The molecule has 34 heavy (non-hydrogen) atoms. The van der Waals surface area contributed by atoms with Crippen LogP contribution in [-0.4, -0.2) is 52.9 Å². The van der Waals surface area contributed by atoms with Gasteiger partial charge in [0, 0.05) is 18.8 Å². The summed E-state index contributed by atoms with van der Waals surface area (Å²) in [5.41, 5.74) is 3.43. The molecule has 0 saturated heterocycles. The van der Waals surface area contributed by atoms with E-state index in [1.165, 1.54) is 5.56 Å². The predicted octanol–water partition coefficient (Wildman–Crippen LogP) is 5.27. The van der Waals surface area contributed by atoms with E-state index >= 15 is 0 Å². The standard InChI is InChI=1S/C28H36N2O4/c1-30(18-15-22-9-14-27(32-3)28(20-22)33-4)17-6-16-29-24-10-12-25(13-11-24)34-21-23-7-5-8-26(19-23)31-2/h5,7-14,19-20,29H,6,15-18,21H2,1-4H3. The number of nitrogens with zero attached hydrogens (tertiary/aromatic N) is 1. The Bertz CT molecular complexity index is 1010. The molecule has 0 atom stereocenters. The van der Waals surface area contributed by atoms with Gasteiger partial charge in [0.25, 0.3) is 0 Å². The van der Waals surface area contributed by atoms with Gasteiger partial charge in [-0.25, -0.2) is 0 Å². The Morgan fingerprint density at radius 2 is 1.53 bits per heavy atom. The highest BCUT2D eigenvalue weighted by Crippen LogP contribution is 2.27. The summed E-state index contributed by atoms with van der Waals surface area (Å²) in [4.78, 5) is 2.36. The lowest BCUT2D eigenvalue weighted by Gasteiger charge is -2.17. The molecule has 0 unspecified atom stereocenters. The fraction of sp³-hybridized carbons (Fsp3) is 0.357. The quantitative estimate of drug-likeness (QED) is 0.328. The van der Waals surface area contributed by atoms with Crippen LogP contribution >= 0.6 is 0 Å². The summed E-state index contributed by atoms with van der Waals surface area (Å²) in [7, 11) is 7.16. The minimum absolute atomic E-state index is 0.514. The molecule has 6 nitrogen and oxygen atoms in total. The SMILES string of the molecule is COc1cccc(COc2ccc(NCCCN(C)CCc3ccc(OC)c(OC)c3)cc2)c1. The Morgan fingerprint density at radius 3 is 2.26 bits per heavy atom. The van der Waals surface area contributed by atoms with Gasteiger partial charge in [-0.05, 0) is 86.1 Å². The van der Waals surface area contributed by atoms with E-state index < -0.39 is 0 Å². The third-order valence-electron chi connectivity index (χ3n) is 5.67. The van der Waals surface area contributed by atoms with Gasteiger partial charge in [0.05, 0.1) is 21.3 Å². The zero-order chi connectivity index (χ0) is 24.2. The van der Waals surface area contributed by atoms with Gasteiger partial charge in [-0.15, -0.1) is 0 Å². The summed E-state index contributed by atoms with van der Waals surface area (Å²) >= 11 is 0. The van der Waals surface area contributed by atoms with Crippen molar-refractivity contribution in [1.82, 2.24) is 4.90 Å². The molecule has 6 heteroatoms. The molecule has 0 amide bonds. The highest BCUT2D eigenvalue weighted by Gasteiger charge is 2.06. The maximum atomic E-state index is 5.89. The molecular formula is C28H36N2O4. The van der Waals surface area contributed by atoms with Gasteiger partial charge in [-0.3, -0.25) is 0 Å². The number of likely N-dealkylation sites (N-methyl/N-ethyl adjacent to an activating group) is 1. The van der Waals surface area contributed by atoms with Crippen molar-refractivity contribution >= 4 is 5.69 Å². The summed E-state index contributed by atoms with van der Waals surface area (Å²) in [6.45, 7) is 3.46. The lowest BCUT2D eigenvalue weighted by molar-refractivity contribution is 0.305. The molecular weight excluding hydrogens is 428 g/mol. The smallest absolute Gasteiger partial charge is 0.160 e. The zero-order valence-electron chi connectivity index (χ0n) is 20.7. The summed E-state index contributed by atoms with van der Waals surface area (Å²) in [6, 6.07) is 22.1. The molecule has 0 bridgehead atoms. The van der Waals surface area contributed by atoms with E-state index in [1.807, 2.05) is 42.5 Å². The first-order chi connectivity index (χ1) is 16.6. The molecule has 0 heterocycles. The van der Waals surface area contributed by atoms with Crippen LogP contribution in [0.15, 0.2) is 66.7 Å². The topological polar surface area (TPSA) is 52.2 Å². The Morgan fingerprint density at radius 1 is 0.735 bits per heavy atom. The van der Waals surface area contributed by atoms with E-state index in [0.717, 1.165) is 66.7 Å². The van der Waals surface area contributed by atoms with Gasteiger partial charge in [0.2, 0.25) is 0 Å². The Kier molecular flexibility index (Phi) is 9.92. The van der Waals surface area contributed by atoms with Gasteiger partial charge in [-0.2, -0.15) is 0 Å². The molecule has 0 radical (unpaired) electrons. The van der Waals surface area contributed by atoms with Gasteiger partial charge < -0.3 is 29.2 Å². The van der Waals surface area contributed by atoms with E-state index in [1.54, 1.807) is 21.3 Å². The number of hydrogen-bond acceptors (Lipinski definition) is 6. The van der Waals surface area contributed by atoms with Crippen LogP contribution in [0.5, 0.6) is 23.0 Å². The number of methoxy groups -OCH3 is 3. The van der Waals surface area contributed by atoms with Gasteiger partial charge in [-0.1, -0.05) is 18.2 Å². The van der Waals surface area contributed by atoms with Crippen LogP contribution in [0.3, 0.4) is 0 Å². The molecule has 0 aliphatic carbocycles. The van der Waals surface area contributed by atoms with Crippen LogP contribution in [-0.2, 0) is 13.0 Å². The predicted molar refractivity (Wildman–Crippen MR) is 138 cm³/mol. The Hall–Kier alpha value is -3.38. The van der Waals surface area contributed by atoms with E-state index in [0.29, 0.717) is 6.61 Å². The van der Waals surface area contributed by atoms with Crippen LogP contribution in [0.25, 0.3) is 0 Å². The van der Waals surface area contributed by atoms with Crippen molar-refractivity contribution in [3.8, 4) is 23.0 Å². The lowest BCUT2D eigenvalue weighted by Crippen LogP contribution is -2.24. The molecule has 0 saturated carbocycles. The monoisotopic (exact) mass is 464 g/mol. The molecule has 0 aliphatic heterocycles. The van der Waals surface area contributed by atoms with Crippen molar-refractivity contribution in [2.24, 2.45) is 0 Å². The molecule has 3 aromatic carbocycles. The molecule has 0 fully saturated rings. The third kappa shape index (κ3) is 7.89. The summed E-state index contributed by atoms with van der Waals surface area (Å²) < 4.78 is 21.9. The largest absolute Gasteiger partial charge is 0.497 e. The molecule has 0 spiro atoms. The van der Waals surface area contributed by atoms with E-state index in [9.17, 15) is 0 Å². The highest BCUT2D eigenvalue weighted by atomic mass is 16.5. The first-order valence-corrected chi connectivity index (χ1v) is 11.6. The normalized spacial score (nSPS) is 10.7. The number of benzene rings is 3. The Labute approximate surface area is 203 Å². The maximum Gasteiger partial charge on any atom is 0.160 e. The summed E-state index contributed by atoms with van der Waals surface area (Å²) in [5, 5.41) is 3.49. The van der Waals surface area contributed by atoms with Gasteiger partial charge in [0.1, 0.15) is 18.1 Å². The number of rotatable bonds is 14. The maximum absolute atomic E-state index is 5.89. The summed E-state index contributed by atoms with van der Waals surface area (Å²) in [5.74, 6) is 3.24. The van der Waals surface area contributed by atoms with E-state index in [4.69, 9.17) is 18.9 Å². The fourth-order valence-corrected chi connectivity index (χ4v) is 3.65. The fourth-order valence-electron chi connectivity index (χ4n) is 3.65. The van der Waals surface area contributed by atoms with Crippen LogP contribution in [0.2, 0.25) is 0 Å². The molecule has 182 valence electrons. The van der Waals surface area contributed by atoms with Crippen LogP contribution in [0.4, 0.5) is 5.69 Å². The van der Waals surface area contributed by atoms with Gasteiger partial charge in [0.15, 0.2) is 11.5 Å². The first kappa shape index (κ1) is 25.2. The molecule has 3 aromatic rings. The van der Waals surface area contributed by atoms with Crippen molar-refractivity contribution < 1.29 is 18.9 Å². The minimum Gasteiger partial charge on any atom is -0.497 e. The van der Waals surface area contributed by atoms with E-state index in [-0.39, 0.29) is 0 Å². The van der Waals surface area contributed by atoms with E-state index in [2.05, 4.69) is 41.5 Å². The summed E-state index contributed by atoms with van der Waals surface area (Å²) in [6.07, 6.45) is 2.04. The second-order valence-electron chi connectivity index (χ2n) is 8.19. The minimum atomic E-state index is 0.514. The number of hydrogen-bond donors (Lipinski definition) is 1. The molecule has 0 aromatic heterocycles. The molecule has 0 aliphatic rings. The van der Waals surface area contributed by atoms with Crippen LogP contribution in [0.1, 0.15) is 17.5 Å². The van der Waals surface area contributed by atoms with Crippen molar-refractivity contribution in [2.75, 3.05) is 53.3 Å². The Balaban J connectivity index is 1.33. The van der Waals surface area contributed by atoms with Crippen molar-refractivity contribution in [3.63, 3.8) is 0 Å². The number of anilines is 1. The van der Waals surface area contributed by atoms with Gasteiger partial charge >= 0.3 is 0 Å². The van der Waals surface area contributed by atoms with Crippen molar-refractivity contribution in [3.05, 3.63) is 77.9 Å². The van der Waals surface area contributed by atoms with Crippen LogP contribution in [0, 0.1) is 0 Å². The van der Waals surface area contributed by atoms with Crippen molar-refractivity contribution in [2.45, 2.75) is 19.4 Å². The van der Waals surface area contributed by atoms with Crippen LogP contribution < -0.4 is 24.3 Å². The second kappa shape index (κ2) is 13.4. The zero-order valence-corrected chi connectivity index (χ0v) is 20.7. The molecule has 1 N–H and O–H groups in total.